The molecule has 2 fully saturated rings. The molecule has 1 N–H and O–H groups in total. The molecule has 8 heteroatoms. The second-order valence-corrected chi connectivity index (χ2v) is 7.59. The largest absolute Gasteiger partial charge is 0.378 e. The van der Waals surface area contributed by atoms with Crippen molar-refractivity contribution in [3.05, 3.63) is 40.8 Å². The van der Waals surface area contributed by atoms with Crippen LogP contribution in [0.1, 0.15) is 12.1 Å². The van der Waals surface area contributed by atoms with E-state index >= 15 is 0 Å². The van der Waals surface area contributed by atoms with Gasteiger partial charge in [0.05, 0.1) is 18.9 Å². The van der Waals surface area contributed by atoms with Gasteiger partial charge in [0.15, 0.2) is 0 Å². The van der Waals surface area contributed by atoms with Gasteiger partial charge in [-0.05, 0) is 40.5 Å². The van der Waals surface area contributed by atoms with Gasteiger partial charge in [-0.25, -0.2) is 4.98 Å². The van der Waals surface area contributed by atoms with Crippen LogP contribution in [0, 0.1) is 0 Å². The zero-order chi connectivity index (χ0) is 17.8. The van der Waals surface area contributed by atoms with Gasteiger partial charge in [0.2, 0.25) is 5.95 Å². The number of hydrogen-bond donors (Lipinski definition) is 1. The fourth-order valence-electron chi connectivity index (χ4n) is 3.38. The zero-order valence-corrected chi connectivity index (χ0v) is 16.2. The topological polar surface area (TPSA) is 66.4 Å². The lowest BCUT2D eigenvalue weighted by Crippen LogP contribution is -2.37. The summed E-state index contributed by atoms with van der Waals surface area (Å²) in [6.07, 6.45) is 4.79. The van der Waals surface area contributed by atoms with Gasteiger partial charge >= 0.3 is 0 Å². The summed E-state index contributed by atoms with van der Waals surface area (Å²) in [4.78, 5) is 18.2. The molecule has 4 heterocycles. The molecule has 0 aliphatic carbocycles. The number of likely N-dealkylation sites (tertiary alicyclic amines) is 1. The monoisotopic (exact) mass is 418 g/mol. The smallest absolute Gasteiger partial charge is 0.227 e. The quantitative estimate of drug-likeness (QED) is 0.797. The summed E-state index contributed by atoms with van der Waals surface area (Å²) in [5, 5.41) is 3.57. The molecular formula is C18H23BrN6O. The van der Waals surface area contributed by atoms with E-state index < -0.39 is 0 Å². The van der Waals surface area contributed by atoms with Crippen LogP contribution in [-0.2, 0) is 11.3 Å². The Morgan fingerprint density at radius 1 is 1.15 bits per heavy atom. The molecule has 0 bridgehead atoms. The molecule has 2 aliphatic heterocycles. The van der Waals surface area contributed by atoms with Crippen molar-refractivity contribution in [1.82, 2.24) is 19.9 Å². The summed E-state index contributed by atoms with van der Waals surface area (Å²) >= 11 is 3.43. The molecule has 0 spiro atoms. The van der Waals surface area contributed by atoms with E-state index in [2.05, 4.69) is 47.1 Å². The number of nitrogens with one attached hydrogen (secondary N) is 1. The van der Waals surface area contributed by atoms with E-state index in [9.17, 15) is 0 Å². The van der Waals surface area contributed by atoms with Gasteiger partial charge in [0.25, 0.3) is 0 Å². The standard InChI is InChI=1S/C18H23BrN6O/c19-14-1-2-15(21-11-14)12-24-6-4-16(13-24)22-17-3-5-20-18(23-17)25-7-9-26-10-8-25/h1-3,5,11,16H,4,6-10,12-13H2,(H,20,22,23). The minimum atomic E-state index is 0.401. The Hall–Kier alpha value is -1.77. The lowest BCUT2D eigenvalue weighted by Gasteiger charge is -2.27. The molecule has 1 atom stereocenters. The highest BCUT2D eigenvalue weighted by Crippen LogP contribution is 2.18. The summed E-state index contributed by atoms with van der Waals surface area (Å²) in [6.45, 7) is 6.12. The Morgan fingerprint density at radius 2 is 2.04 bits per heavy atom. The first-order chi connectivity index (χ1) is 12.8. The number of nitrogens with zero attached hydrogens (tertiary/aromatic N) is 5. The summed E-state index contributed by atoms with van der Waals surface area (Å²) in [6, 6.07) is 6.47. The van der Waals surface area contributed by atoms with E-state index in [0.717, 1.165) is 74.3 Å². The van der Waals surface area contributed by atoms with E-state index in [1.807, 2.05) is 24.5 Å². The van der Waals surface area contributed by atoms with Crippen LogP contribution in [0.15, 0.2) is 35.1 Å². The Kier molecular flexibility index (Phi) is 5.62. The number of anilines is 2. The zero-order valence-electron chi connectivity index (χ0n) is 14.6. The number of rotatable bonds is 5. The molecule has 2 saturated heterocycles. The number of morpholine rings is 1. The molecular weight excluding hydrogens is 396 g/mol. The second kappa shape index (κ2) is 8.28. The van der Waals surface area contributed by atoms with E-state index in [1.165, 1.54) is 0 Å². The maximum Gasteiger partial charge on any atom is 0.227 e. The molecule has 2 aromatic rings. The van der Waals surface area contributed by atoms with Gasteiger partial charge in [-0.3, -0.25) is 9.88 Å². The van der Waals surface area contributed by atoms with Crippen LogP contribution in [-0.4, -0.2) is 65.3 Å². The lowest BCUT2D eigenvalue weighted by atomic mass is 10.2. The van der Waals surface area contributed by atoms with E-state index in [1.54, 1.807) is 0 Å². The molecule has 0 amide bonds. The summed E-state index contributed by atoms with van der Waals surface area (Å²) in [5.41, 5.74) is 1.10. The molecule has 0 radical (unpaired) electrons. The number of aromatic nitrogens is 3. The fraction of sp³-hybridized carbons (Fsp3) is 0.500. The van der Waals surface area contributed by atoms with Crippen molar-refractivity contribution in [2.24, 2.45) is 0 Å². The summed E-state index contributed by atoms with van der Waals surface area (Å²) in [7, 11) is 0. The summed E-state index contributed by atoms with van der Waals surface area (Å²) < 4.78 is 6.42. The van der Waals surface area contributed by atoms with Crippen LogP contribution in [0.2, 0.25) is 0 Å². The second-order valence-electron chi connectivity index (χ2n) is 6.67. The third-order valence-electron chi connectivity index (χ3n) is 4.74. The van der Waals surface area contributed by atoms with Gasteiger partial charge in [0, 0.05) is 55.6 Å². The number of halogens is 1. The summed E-state index contributed by atoms with van der Waals surface area (Å²) in [5.74, 6) is 1.68. The Morgan fingerprint density at radius 3 is 2.85 bits per heavy atom. The van der Waals surface area contributed by atoms with E-state index in [4.69, 9.17) is 9.72 Å². The van der Waals surface area contributed by atoms with Crippen LogP contribution < -0.4 is 10.2 Å². The SMILES string of the molecule is Brc1ccc(CN2CCC(Nc3ccnc(N4CCOCC4)n3)C2)nc1. The van der Waals surface area contributed by atoms with Crippen molar-refractivity contribution in [3.63, 3.8) is 0 Å². The van der Waals surface area contributed by atoms with Crippen molar-refractivity contribution < 1.29 is 4.74 Å². The number of hydrogen-bond acceptors (Lipinski definition) is 7. The number of pyridine rings is 1. The molecule has 1 unspecified atom stereocenters. The first kappa shape index (κ1) is 17.6. The molecule has 0 aromatic carbocycles. The van der Waals surface area contributed by atoms with Crippen LogP contribution in [0.4, 0.5) is 11.8 Å². The van der Waals surface area contributed by atoms with Gasteiger partial charge in [-0.2, -0.15) is 4.98 Å². The van der Waals surface area contributed by atoms with Crippen molar-refractivity contribution in [2.45, 2.75) is 19.0 Å². The maximum atomic E-state index is 5.40. The predicted molar refractivity (Wildman–Crippen MR) is 104 cm³/mol. The van der Waals surface area contributed by atoms with Crippen LogP contribution >= 0.6 is 15.9 Å². The molecule has 2 aliphatic rings. The fourth-order valence-corrected chi connectivity index (χ4v) is 3.61. The first-order valence-corrected chi connectivity index (χ1v) is 9.80. The highest BCUT2D eigenvalue weighted by molar-refractivity contribution is 9.10. The van der Waals surface area contributed by atoms with Crippen molar-refractivity contribution in [1.29, 1.82) is 0 Å². The average molecular weight is 419 g/mol. The van der Waals surface area contributed by atoms with Gasteiger partial charge < -0.3 is 15.0 Å². The normalized spacial score (nSPS) is 21.1. The van der Waals surface area contributed by atoms with Crippen molar-refractivity contribution in [2.75, 3.05) is 49.6 Å². The van der Waals surface area contributed by atoms with Crippen LogP contribution in [0.5, 0.6) is 0 Å². The Balaban J connectivity index is 1.32. The Bertz CT molecular complexity index is 722. The highest BCUT2D eigenvalue weighted by atomic mass is 79.9. The molecule has 0 saturated carbocycles. The van der Waals surface area contributed by atoms with Gasteiger partial charge in [0.1, 0.15) is 5.82 Å². The average Bonchev–Trinajstić information content (AvgIpc) is 3.11. The molecule has 4 rings (SSSR count). The van der Waals surface area contributed by atoms with Crippen LogP contribution in [0.3, 0.4) is 0 Å². The number of ether oxygens (including phenoxy) is 1. The van der Waals surface area contributed by atoms with Crippen molar-refractivity contribution in [3.8, 4) is 0 Å². The van der Waals surface area contributed by atoms with Gasteiger partial charge in [-0.1, -0.05) is 0 Å². The molecule has 2 aromatic heterocycles. The molecule has 7 nitrogen and oxygen atoms in total. The molecule has 138 valence electrons. The third kappa shape index (κ3) is 4.49. The van der Waals surface area contributed by atoms with Crippen molar-refractivity contribution >= 4 is 27.7 Å². The first-order valence-electron chi connectivity index (χ1n) is 9.01. The highest BCUT2D eigenvalue weighted by Gasteiger charge is 2.23. The lowest BCUT2D eigenvalue weighted by molar-refractivity contribution is 0.122. The molecule has 26 heavy (non-hydrogen) atoms. The van der Waals surface area contributed by atoms with E-state index in [-0.39, 0.29) is 0 Å². The minimum Gasteiger partial charge on any atom is -0.378 e. The van der Waals surface area contributed by atoms with E-state index in [0.29, 0.717) is 6.04 Å². The third-order valence-corrected chi connectivity index (χ3v) is 5.20. The van der Waals surface area contributed by atoms with Gasteiger partial charge in [-0.15, -0.1) is 0 Å². The van der Waals surface area contributed by atoms with Crippen LogP contribution in [0.25, 0.3) is 0 Å². The predicted octanol–water partition coefficient (Wildman–Crippen LogP) is 2.16. The maximum absolute atomic E-state index is 5.40. The minimum absolute atomic E-state index is 0.401. The Labute approximate surface area is 161 Å².